The zero-order chi connectivity index (χ0) is 37.5. The van der Waals surface area contributed by atoms with Crippen LogP contribution < -0.4 is 0 Å². The predicted octanol–water partition coefficient (Wildman–Crippen LogP) is 14.3. The summed E-state index contributed by atoms with van der Waals surface area (Å²) in [7, 11) is 0. The van der Waals surface area contributed by atoms with Gasteiger partial charge in [0.25, 0.3) is 0 Å². The Labute approximate surface area is 302 Å². The third kappa shape index (κ3) is 7.12. The number of aromatic nitrogens is 1. The summed E-state index contributed by atoms with van der Waals surface area (Å²) in [6.07, 6.45) is -4.51. The van der Waals surface area contributed by atoms with Gasteiger partial charge in [-0.25, -0.2) is 0 Å². The summed E-state index contributed by atoms with van der Waals surface area (Å²) in [4.78, 5) is 0. The lowest BCUT2D eigenvalue weighted by molar-refractivity contribution is -0.137. The molecule has 0 saturated heterocycles. The predicted molar refractivity (Wildman–Crippen MR) is 211 cm³/mol. The van der Waals surface area contributed by atoms with E-state index in [1.165, 1.54) is 34.4 Å². The van der Waals surface area contributed by atoms with Gasteiger partial charge in [0.05, 0.1) is 22.3 Å². The van der Waals surface area contributed by atoms with Crippen LogP contribution in [-0.2, 0) is 27.8 Å². The first-order chi connectivity index (χ1) is 23.4. The van der Waals surface area contributed by atoms with Crippen LogP contribution in [0.15, 0.2) is 97.1 Å². The molecule has 4 heteroatoms. The highest BCUT2D eigenvalue weighted by Crippen LogP contribution is 2.43. The molecule has 51 heavy (non-hydrogen) atoms. The molecule has 266 valence electrons. The molecule has 0 aliphatic rings. The van der Waals surface area contributed by atoms with Crippen molar-refractivity contribution in [3.63, 3.8) is 0 Å². The second kappa shape index (κ2) is 12.1. The Bertz CT molecular complexity index is 2070. The molecule has 1 aromatic heterocycles. The fourth-order valence-corrected chi connectivity index (χ4v) is 6.87. The minimum atomic E-state index is -4.51. The van der Waals surface area contributed by atoms with Crippen molar-refractivity contribution in [2.75, 3.05) is 0 Å². The number of rotatable bonds is 3. The lowest BCUT2D eigenvalue weighted by Gasteiger charge is -2.26. The van der Waals surface area contributed by atoms with Gasteiger partial charge in [0.15, 0.2) is 0 Å². The van der Waals surface area contributed by atoms with Crippen LogP contribution >= 0.6 is 0 Å². The average Bonchev–Trinajstić information content (AvgIpc) is 3.35. The molecule has 6 rings (SSSR count). The van der Waals surface area contributed by atoms with Crippen molar-refractivity contribution >= 4 is 21.8 Å². The smallest absolute Gasteiger partial charge is 0.309 e. The molecule has 0 radical (unpaired) electrons. The number of para-hydroxylation sites is 1. The first kappa shape index (κ1) is 36.5. The minimum absolute atomic E-state index is 0.0557. The van der Waals surface area contributed by atoms with Gasteiger partial charge in [-0.3, -0.25) is 0 Å². The van der Waals surface area contributed by atoms with Gasteiger partial charge < -0.3 is 4.57 Å². The van der Waals surface area contributed by atoms with Gasteiger partial charge in [0, 0.05) is 10.8 Å². The van der Waals surface area contributed by atoms with E-state index in [2.05, 4.69) is 144 Å². The summed E-state index contributed by atoms with van der Waals surface area (Å²) in [5.74, 6) is 0. The molecule has 6 aromatic rings. The van der Waals surface area contributed by atoms with Gasteiger partial charge in [-0.1, -0.05) is 144 Å². The third-order valence-corrected chi connectivity index (χ3v) is 10.2. The van der Waals surface area contributed by atoms with Crippen molar-refractivity contribution in [2.24, 2.45) is 0 Å². The van der Waals surface area contributed by atoms with E-state index in [1.54, 1.807) is 16.7 Å². The molecule has 1 heterocycles. The van der Waals surface area contributed by atoms with Crippen molar-refractivity contribution in [3.8, 4) is 27.9 Å². The molecule has 0 amide bonds. The molecule has 0 unspecified atom stereocenters. The van der Waals surface area contributed by atoms with Crippen molar-refractivity contribution in [1.82, 2.24) is 4.57 Å². The zero-order valence-corrected chi connectivity index (χ0v) is 32.3. The van der Waals surface area contributed by atoms with E-state index in [-0.39, 0.29) is 27.3 Å². The van der Waals surface area contributed by atoms with Crippen molar-refractivity contribution in [3.05, 3.63) is 125 Å². The lowest BCUT2D eigenvalue weighted by Crippen LogP contribution is -2.16. The second-order valence-corrected chi connectivity index (χ2v) is 18.4. The SMILES string of the molecule is CC(C)(C)c1cc(-c2ccc3c(c2)c2cc(-c4cc(C(C)(C)C)cc(C(C)(C)C)c4)ccc2n3-c2ccccc2C(F)(F)F)cc(C(C)(C)C)c1. The van der Waals surface area contributed by atoms with Gasteiger partial charge in [-0.15, -0.1) is 0 Å². The molecule has 0 saturated carbocycles. The summed E-state index contributed by atoms with van der Waals surface area (Å²) in [6.45, 7) is 26.8. The highest BCUT2D eigenvalue weighted by molar-refractivity contribution is 6.11. The second-order valence-electron chi connectivity index (χ2n) is 18.4. The normalized spacial score (nSPS) is 13.4. The van der Waals surface area contributed by atoms with E-state index in [0.29, 0.717) is 0 Å². The first-order valence-electron chi connectivity index (χ1n) is 18.0. The summed E-state index contributed by atoms with van der Waals surface area (Å²) in [6, 6.07) is 32.1. The zero-order valence-electron chi connectivity index (χ0n) is 32.3. The molecule has 0 fully saturated rings. The van der Waals surface area contributed by atoms with Gasteiger partial charge in [0.2, 0.25) is 0 Å². The fourth-order valence-electron chi connectivity index (χ4n) is 6.87. The highest BCUT2D eigenvalue weighted by Gasteiger charge is 2.34. The molecule has 0 aliphatic carbocycles. The largest absolute Gasteiger partial charge is 0.418 e. The van der Waals surface area contributed by atoms with Gasteiger partial charge in [-0.05, 0) is 103 Å². The van der Waals surface area contributed by atoms with Crippen LogP contribution in [0.2, 0.25) is 0 Å². The minimum Gasteiger partial charge on any atom is -0.309 e. The topological polar surface area (TPSA) is 4.93 Å². The Hall–Kier alpha value is -4.31. The molecule has 0 spiro atoms. The van der Waals surface area contributed by atoms with Crippen LogP contribution in [0.5, 0.6) is 0 Å². The van der Waals surface area contributed by atoms with E-state index < -0.39 is 11.7 Å². The number of halogens is 3. The third-order valence-electron chi connectivity index (χ3n) is 10.2. The van der Waals surface area contributed by atoms with Crippen LogP contribution in [0, 0.1) is 0 Å². The number of hydrogen-bond acceptors (Lipinski definition) is 0. The Morgan fingerprint density at radius 3 is 1.08 bits per heavy atom. The quantitative estimate of drug-likeness (QED) is 0.175. The molecule has 0 atom stereocenters. The first-order valence-corrected chi connectivity index (χ1v) is 18.0. The Kier molecular flexibility index (Phi) is 8.69. The van der Waals surface area contributed by atoms with E-state index in [1.807, 2.05) is 12.1 Å². The maximum Gasteiger partial charge on any atom is 0.418 e. The lowest BCUT2D eigenvalue weighted by atomic mass is 9.78. The highest BCUT2D eigenvalue weighted by atomic mass is 19.4. The number of alkyl halides is 3. The number of fused-ring (bicyclic) bond motifs is 3. The van der Waals surface area contributed by atoms with Gasteiger partial charge in [-0.2, -0.15) is 13.2 Å². The van der Waals surface area contributed by atoms with Crippen molar-refractivity contribution < 1.29 is 13.2 Å². The van der Waals surface area contributed by atoms with Gasteiger partial charge in [0.1, 0.15) is 0 Å². The summed E-state index contributed by atoms with van der Waals surface area (Å²) >= 11 is 0. The average molecular weight is 688 g/mol. The number of benzene rings is 5. The molecule has 0 N–H and O–H groups in total. The fraction of sp³-hybridized carbons (Fsp3) is 0.362. The molecule has 0 aliphatic heterocycles. The number of hydrogen-bond donors (Lipinski definition) is 0. The van der Waals surface area contributed by atoms with Crippen LogP contribution in [0.25, 0.3) is 49.7 Å². The van der Waals surface area contributed by atoms with E-state index in [4.69, 9.17) is 0 Å². The Morgan fingerprint density at radius 2 is 0.745 bits per heavy atom. The number of nitrogens with zero attached hydrogens (tertiary/aromatic N) is 1. The Morgan fingerprint density at radius 1 is 0.392 bits per heavy atom. The Balaban J connectivity index is 1.69. The molecular formula is C47H52F3N. The van der Waals surface area contributed by atoms with Crippen LogP contribution in [0.1, 0.15) is 111 Å². The standard InChI is InChI=1S/C47H52F3N/c1-43(2,3)33-21-31(22-34(27-33)44(4,5)6)29-17-19-40-37(25-29)38-26-30(32-23-35(45(7,8)9)28-36(24-32)46(10,11)12)18-20-41(38)51(40)42-16-14-13-15-39(42)47(48,49)50/h13-28H,1-12H3. The molecular weight excluding hydrogens is 636 g/mol. The van der Waals surface area contributed by atoms with Crippen LogP contribution in [0.3, 0.4) is 0 Å². The molecule has 5 aromatic carbocycles. The summed E-state index contributed by atoms with van der Waals surface area (Å²) < 4.78 is 45.4. The van der Waals surface area contributed by atoms with Crippen LogP contribution in [0.4, 0.5) is 13.2 Å². The molecule has 0 bridgehead atoms. The van der Waals surface area contributed by atoms with E-state index in [0.717, 1.165) is 44.1 Å². The van der Waals surface area contributed by atoms with Crippen molar-refractivity contribution in [1.29, 1.82) is 0 Å². The summed E-state index contributed by atoms with van der Waals surface area (Å²) in [5, 5.41) is 1.84. The van der Waals surface area contributed by atoms with Crippen LogP contribution in [-0.4, -0.2) is 4.57 Å². The maximum atomic E-state index is 14.5. The molecule has 1 nitrogen and oxygen atoms in total. The summed E-state index contributed by atoms with van der Waals surface area (Å²) in [5.41, 5.74) is 10.0. The van der Waals surface area contributed by atoms with E-state index >= 15 is 0 Å². The van der Waals surface area contributed by atoms with Crippen molar-refractivity contribution in [2.45, 2.75) is 111 Å². The van der Waals surface area contributed by atoms with E-state index in [9.17, 15) is 13.2 Å². The van der Waals surface area contributed by atoms with Gasteiger partial charge >= 0.3 is 6.18 Å². The monoisotopic (exact) mass is 687 g/mol. The maximum absolute atomic E-state index is 14.5.